The summed E-state index contributed by atoms with van der Waals surface area (Å²) in [5, 5.41) is 0. The molecule has 0 saturated carbocycles. The molecule has 1 aliphatic rings. The van der Waals surface area contributed by atoms with Gasteiger partial charge in [0.05, 0.1) is 0 Å². The highest BCUT2D eigenvalue weighted by molar-refractivity contribution is 7.92. The standard InChI is InChI=1S/C8H17OS/c1-8(2,3)9-10-6-4-5-7-10/h4-7H2,1-3H3/q+1. The Labute approximate surface area is 66.7 Å². The van der Waals surface area contributed by atoms with Crippen molar-refractivity contribution in [1.82, 2.24) is 0 Å². The van der Waals surface area contributed by atoms with Crippen molar-refractivity contribution in [2.45, 2.75) is 39.2 Å². The van der Waals surface area contributed by atoms with Crippen molar-refractivity contribution >= 4 is 11.2 Å². The monoisotopic (exact) mass is 161 g/mol. The highest BCUT2D eigenvalue weighted by Crippen LogP contribution is 2.21. The summed E-state index contributed by atoms with van der Waals surface area (Å²) in [5.74, 6) is 2.61. The SMILES string of the molecule is CC(C)(C)O[S+]1CCCC1. The number of hydrogen-bond donors (Lipinski definition) is 0. The van der Waals surface area contributed by atoms with Crippen molar-refractivity contribution in [1.29, 1.82) is 0 Å². The molecule has 0 radical (unpaired) electrons. The number of rotatable bonds is 1. The van der Waals surface area contributed by atoms with Crippen molar-refractivity contribution in [3.05, 3.63) is 0 Å². The molecule has 0 bridgehead atoms. The third-order valence-electron chi connectivity index (χ3n) is 1.36. The third-order valence-corrected chi connectivity index (χ3v) is 3.59. The maximum Gasteiger partial charge on any atom is 0.147 e. The molecule has 60 valence electrons. The molecule has 1 aliphatic heterocycles. The van der Waals surface area contributed by atoms with Gasteiger partial charge in [0.15, 0.2) is 0 Å². The Hall–Kier alpha value is 0.310. The number of hydrogen-bond acceptors (Lipinski definition) is 1. The van der Waals surface area contributed by atoms with Gasteiger partial charge in [-0.15, -0.1) is 0 Å². The van der Waals surface area contributed by atoms with Crippen LogP contribution in [-0.4, -0.2) is 17.1 Å². The molecule has 0 unspecified atom stereocenters. The summed E-state index contributed by atoms with van der Waals surface area (Å²) in [6.45, 7) is 6.41. The molecule has 1 fully saturated rings. The van der Waals surface area contributed by atoms with Crippen LogP contribution in [0, 0.1) is 0 Å². The van der Waals surface area contributed by atoms with Gasteiger partial charge < -0.3 is 0 Å². The first-order chi connectivity index (χ1) is 4.58. The second-order valence-corrected chi connectivity index (χ2v) is 5.61. The molecule has 0 atom stereocenters. The molecule has 0 amide bonds. The first-order valence-electron chi connectivity index (χ1n) is 3.95. The van der Waals surface area contributed by atoms with E-state index in [1.807, 2.05) is 0 Å². The van der Waals surface area contributed by atoms with E-state index >= 15 is 0 Å². The van der Waals surface area contributed by atoms with E-state index in [4.69, 9.17) is 4.18 Å². The molecule has 0 spiro atoms. The Morgan fingerprint density at radius 3 is 2.00 bits per heavy atom. The molecule has 0 aliphatic carbocycles. The Kier molecular flexibility index (Phi) is 2.64. The predicted octanol–water partition coefficient (Wildman–Crippen LogP) is 2.13. The minimum Gasteiger partial charge on any atom is -0.168 e. The molecule has 0 aromatic heterocycles. The largest absolute Gasteiger partial charge is 0.168 e. The second kappa shape index (κ2) is 3.14. The van der Waals surface area contributed by atoms with Crippen LogP contribution in [0.4, 0.5) is 0 Å². The fourth-order valence-electron chi connectivity index (χ4n) is 1.07. The first-order valence-corrected chi connectivity index (χ1v) is 5.44. The lowest BCUT2D eigenvalue weighted by Gasteiger charge is -2.14. The zero-order chi connectivity index (χ0) is 7.61. The van der Waals surface area contributed by atoms with Gasteiger partial charge in [-0.25, -0.2) is 0 Å². The van der Waals surface area contributed by atoms with E-state index in [9.17, 15) is 0 Å². The average molecular weight is 161 g/mol. The normalized spacial score (nSPS) is 21.9. The van der Waals surface area contributed by atoms with Crippen LogP contribution in [0.25, 0.3) is 0 Å². The summed E-state index contributed by atoms with van der Waals surface area (Å²) >= 11 is 0.303. The van der Waals surface area contributed by atoms with Crippen LogP contribution in [0.3, 0.4) is 0 Å². The zero-order valence-corrected chi connectivity index (χ0v) is 7.96. The van der Waals surface area contributed by atoms with Crippen molar-refractivity contribution < 1.29 is 4.18 Å². The van der Waals surface area contributed by atoms with E-state index in [0.717, 1.165) is 0 Å². The van der Waals surface area contributed by atoms with E-state index in [1.54, 1.807) is 0 Å². The summed E-state index contributed by atoms with van der Waals surface area (Å²) in [5.41, 5.74) is 0.0768. The lowest BCUT2D eigenvalue weighted by atomic mass is 10.2. The molecule has 0 aromatic carbocycles. The molecular weight excluding hydrogens is 144 g/mol. The van der Waals surface area contributed by atoms with Crippen molar-refractivity contribution in [2.24, 2.45) is 0 Å². The van der Waals surface area contributed by atoms with Crippen LogP contribution in [0.5, 0.6) is 0 Å². The molecule has 1 nitrogen and oxygen atoms in total. The summed E-state index contributed by atoms with van der Waals surface area (Å²) < 4.78 is 5.83. The van der Waals surface area contributed by atoms with E-state index < -0.39 is 0 Å². The van der Waals surface area contributed by atoms with Gasteiger partial charge in [0.25, 0.3) is 0 Å². The molecular formula is C8H17OS+. The fourth-order valence-corrected chi connectivity index (χ4v) is 3.20. The second-order valence-electron chi connectivity index (χ2n) is 3.75. The lowest BCUT2D eigenvalue weighted by Crippen LogP contribution is -2.25. The van der Waals surface area contributed by atoms with Crippen molar-refractivity contribution in [2.75, 3.05) is 11.5 Å². The van der Waals surface area contributed by atoms with Gasteiger partial charge in [0.2, 0.25) is 0 Å². The Morgan fingerprint density at radius 2 is 1.60 bits per heavy atom. The highest BCUT2D eigenvalue weighted by atomic mass is 32.2. The van der Waals surface area contributed by atoms with Gasteiger partial charge in [-0.2, -0.15) is 4.18 Å². The van der Waals surface area contributed by atoms with Crippen LogP contribution >= 0.6 is 0 Å². The van der Waals surface area contributed by atoms with Crippen LogP contribution in [0.15, 0.2) is 0 Å². The summed E-state index contributed by atoms with van der Waals surface area (Å²) in [4.78, 5) is 0. The molecule has 2 heteroatoms. The highest BCUT2D eigenvalue weighted by Gasteiger charge is 2.31. The van der Waals surface area contributed by atoms with Crippen molar-refractivity contribution in [3.8, 4) is 0 Å². The van der Waals surface area contributed by atoms with Gasteiger partial charge in [0, 0.05) is 0 Å². The zero-order valence-electron chi connectivity index (χ0n) is 7.14. The van der Waals surface area contributed by atoms with Crippen molar-refractivity contribution in [3.63, 3.8) is 0 Å². The minimum atomic E-state index is 0.0768. The Balaban J connectivity index is 2.24. The average Bonchev–Trinajstić information content (AvgIpc) is 2.12. The maximum absolute atomic E-state index is 5.83. The maximum atomic E-state index is 5.83. The molecule has 1 heterocycles. The van der Waals surface area contributed by atoms with Crippen LogP contribution in [-0.2, 0) is 15.4 Å². The van der Waals surface area contributed by atoms with Crippen LogP contribution < -0.4 is 0 Å². The van der Waals surface area contributed by atoms with Crippen LogP contribution in [0.2, 0.25) is 0 Å². The van der Waals surface area contributed by atoms with Crippen LogP contribution in [0.1, 0.15) is 33.6 Å². The van der Waals surface area contributed by atoms with Gasteiger partial charge in [-0.05, 0) is 33.6 Å². The quantitative estimate of drug-likeness (QED) is 0.535. The minimum absolute atomic E-state index is 0.0768. The van der Waals surface area contributed by atoms with E-state index in [2.05, 4.69) is 20.8 Å². The van der Waals surface area contributed by atoms with Gasteiger partial charge in [-0.1, -0.05) is 0 Å². The van der Waals surface area contributed by atoms with E-state index in [-0.39, 0.29) is 5.60 Å². The molecule has 1 saturated heterocycles. The fraction of sp³-hybridized carbons (Fsp3) is 1.00. The summed E-state index contributed by atoms with van der Waals surface area (Å²) in [7, 11) is 0. The first kappa shape index (κ1) is 8.41. The molecule has 0 N–H and O–H groups in total. The third kappa shape index (κ3) is 2.93. The van der Waals surface area contributed by atoms with Gasteiger partial charge in [-0.3, -0.25) is 0 Å². The smallest absolute Gasteiger partial charge is 0.147 e. The topological polar surface area (TPSA) is 9.23 Å². The summed E-state index contributed by atoms with van der Waals surface area (Å²) in [6.07, 6.45) is 2.75. The summed E-state index contributed by atoms with van der Waals surface area (Å²) in [6, 6.07) is 0. The van der Waals surface area contributed by atoms with Gasteiger partial charge in [0.1, 0.15) is 28.3 Å². The van der Waals surface area contributed by atoms with E-state index in [1.165, 1.54) is 24.3 Å². The molecule has 10 heavy (non-hydrogen) atoms. The van der Waals surface area contributed by atoms with Gasteiger partial charge >= 0.3 is 0 Å². The Morgan fingerprint density at radius 1 is 1.10 bits per heavy atom. The Bertz CT molecular complexity index is 100. The van der Waals surface area contributed by atoms with E-state index in [0.29, 0.717) is 11.2 Å². The predicted molar refractivity (Wildman–Crippen MR) is 47.2 cm³/mol. The molecule has 0 aromatic rings. The molecule has 1 rings (SSSR count). The lowest BCUT2D eigenvalue weighted by molar-refractivity contribution is 0.157.